The first-order valence-electron chi connectivity index (χ1n) is 11.9. The number of hydrogen-bond donors (Lipinski definition) is 1. The minimum Gasteiger partial charge on any atom is -0.366 e. The van der Waals surface area contributed by atoms with Gasteiger partial charge in [-0.25, -0.2) is 26.9 Å². The molecule has 200 valence electrons. The summed E-state index contributed by atoms with van der Waals surface area (Å²) in [6.45, 7) is 6.99. The average Bonchev–Trinajstić information content (AvgIpc) is 3.37. The Balaban J connectivity index is 1.62. The highest BCUT2D eigenvalue weighted by atomic mass is 35.5. The largest absolute Gasteiger partial charge is 0.366 e. The van der Waals surface area contributed by atoms with Gasteiger partial charge in [0.15, 0.2) is 21.0 Å². The highest BCUT2D eigenvalue weighted by Crippen LogP contribution is 2.37. The van der Waals surface area contributed by atoms with E-state index in [-0.39, 0.29) is 44.8 Å². The molecule has 0 aromatic carbocycles. The van der Waals surface area contributed by atoms with Crippen molar-refractivity contribution in [2.24, 2.45) is 5.92 Å². The fourth-order valence-corrected chi connectivity index (χ4v) is 6.68. The molecule has 0 unspecified atom stereocenters. The van der Waals surface area contributed by atoms with Crippen LogP contribution in [0.4, 0.5) is 14.5 Å². The standard InChI is InChI=1S/C22H26ClF2N7O3S2/c1-11(2)22(33)31-7-6-30(9-12(31)3)15-8-14(37(34,35)29-13-4-5-13)10-32-16(15)17(23)26-19(32)21-28-27-20(36-21)18(24)25/h8,10-13,18,29H,4-7,9H2,1-3H3/t12-/m1/s1. The number of nitrogens with one attached hydrogen (secondary N) is 1. The van der Waals surface area contributed by atoms with Gasteiger partial charge in [0.05, 0.1) is 5.69 Å². The van der Waals surface area contributed by atoms with Gasteiger partial charge in [0.2, 0.25) is 15.9 Å². The number of piperazine rings is 1. The first kappa shape index (κ1) is 26.2. The maximum absolute atomic E-state index is 13.2. The van der Waals surface area contributed by atoms with Crippen molar-refractivity contribution in [3.8, 4) is 10.8 Å². The van der Waals surface area contributed by atoms with E-state index in [9.17, 15) is 22.0 Å². The minimum atomic E-state index is -3.88. The molecule has 3 aromatic rings. The van der Waals surface area contributed by atoms with Crippen molar-refractivity contribution in [3.05, 3.63) is 22.4 Å². The molecule has 4 heterocycles. The van der Waals surface area contributed by atoms with Crippen LogP contribution in [0.2, 0.25) is 5.15 Å². The molecule has 37 heavy (non-hydrogen) atoms. The van der Waals surface area contributed by atoms with Gasteiger partial charge in [0.1, 0.15) is 10.4 Å². The number of aromatic nitrogens is 4. The second-order valence-corrected chi connectivity index (χ2v) is 12.7. The second-order valence-electron chi connectivity index (χ2n) is 9.63. The minimum absolute atomic E-state index is 0.0100. The van der Waals surface area contributed by atoms with Crippen LogP contribution < -0.4 is 9.62 Å². The molecule has 15 heteroatoms. The molecule has 1 amide bonds. The Labute approximate surface area is 221 Å². The van der Waals surface area contributed by atoms with E-state index in [1.807, 2.05) is 30.6 Å². The van der Waals surface area contributed by atoms with E-state index < -0.39 is 21.5 Å². The molecule has 0 bridgehead atoms. The number of alkyl halides is 2. The average molecular weight is 574 g/mol. The van der Waals surface area contributed by atoms with Gasteiger partial charge in [-0.2, -0.15) is 0 Å². The Hall–Kier alpha value is -2.42. The zero-order chi connectivity index (χ0) is 26.6. The van der Waals surface area contributed by atoms with Crippen LogP contribution >= 0.6 is 22.9 Å². The molecule has 1 saturated carbocycles. The van der Waals surface area contributed by atoms with Gasteiger partial charge in [-0.05, 0) is 25.8 Å². The van der Waals surface area contributed by atoms with Gasteiger partial charge in [0, 0.05) is 43.8 Å². The lowest BCUT2D eigenvalue weighted by Gasteiger charge is -2.42. The van der Waals surface area contributed by atoms with Gasteiger partial charge in [-0.15, -0.1) is 10.2 Å². The summed E-state index contributed by atoms with van der Waals surface area (Å²) in [6, 6.07) is 1.30. The number of nitrogens with zero attached hydrogens (tertiary/aromatic N) is 6. The predicted molar refractivity (Wildman–Crippen MR) is 136 cm³/mol. The molecule has 0 spiro atoms. The number of pyridine rings is 1. The normalized spacial score (nSPS) is 19.0. The molecule has 1 aliphatic heterocycles. The van der Waals surface area contributed by atoms with Crippen molar-refractivity contribution in [2.45, 2.75) is 57.0 Å². The molecule has 3 aromatic heterocycles. The summed E-state index contributed by atoms with van der Waals surface area (Å²) < 4.78 is 56.9. The fraction of sp³-hybridized carbons (Fsp3) is 0.545. The summed E-state index contributed by atoms with van der Waals surface area (Å²) >= 11 is 7.23. The van der Waals surface area contributed by atoms with Crippen LogP contribution in [-0.4, -0.2) is 70.5 Å². The first-order valence-corrected chi connectivity index (χ1v) is 14.5. The monoisotopic (exact) mass is 573 g/mol. The van der Waals surface area contributed by atoms with Gasteiger partial charge >= 0.3 is 0 Å². The summed E-state index contributed by atoms with van der Waals surface area (Å²) in [5, 5.41) is 7.07. The maximum atomic E-state index is 13.2. The SMILES string of the molecule is CC(C)C(=O)N1CCN(c2cc(S(=O)(=O)NC3CC3)cn3c(-c4nnc(C(F)F)s4)nc(Cl)c23)C[C@H]1C. The van der Waals surface area contributed by atoms with Crippen LogP contribution in [-0.2, 0) is 14.8 Å². The molecule has 2 fully saturated rings. The summed E-state index contributed by atoms with van der Waals surface area (Å²) in [6.07, 6.45) is 0.110. The highest BCUT2D eigenvalue weighted by Gasteiger charge is 2.33. The van der Waals surface area contributed by atoms with Crippen LogP contribution in [0.25, 0.3) is 16.3 Å². The molecule has 1 atom stereocenters. The molecular weight excluding hydrogens is 548 g/mol. The van der Waals surface area contributed by atoms with E-state index in [1.165, 1.54) is 10.6 Å². The third-order valence-electron chi connectivity index (χ3n) is 6.42. The van der Waals surface area contributed by atoms with Gasteiger partial charge in [-0.3, -0.25) is 9.20 Å². The van der Waals surface area contributed by atoms with E-state index in [1.54, 1.807) is 6.07 Å². The quantitative estimate of drug-likeness (QED) is 0.460. The number of fused-ring (bicyclic) bond motifs is 1. The lowest BCUT2D eigenvalue weighted by molar-refractivity contribution is -0.136. The van der Waals surface area contributed by atoms with Crippen molar-refractivity contribution < 1.29 is 22.0 Å². The Kier molecular flexibility index (Phi) is 6.88. The number of sulfonamides is 1. The molecular formula is C22H26ClF2N7O3S2. The Morgan fingerprint density at radius 1 is 1.24 bits per heavy atom. The number of amides is 1. The first-order chi connectivity index (χ1) is 17.5. The zero-order valence-corrected chi connectivity index (χ0v) is 22.7. The van der Waals surface area contributed by atoms with Crippen molar-refractivity contribution in [2.75, 3.05) is 24.5 Å². The number of imidazole rings is 1. The van der Waals surface area contributed by atoms with Gasteiger partial charge in [0.25, 0.3) is 6.43 Å². The summed E-state index contributed by atoms with van der Waals surface area (Å²) in [5.74, 6) is 0.0355. The molecule has 10 nitrogen and oxygen atoms in total. The molecule has 5 rings (SSSR count). The number of carbonyl (C=O) groups excluding carboxylic acids is 1. The lowest BCUT2D eigenvalue weighted by Crippen LogP contribution is -2.55. The third-order valence-corrected chi connectivity index (χ3v) is 9.10. The zero-order valence-electron chi connectivity index (χ0n) is 20.4. The number of halogens is 3. The van der Waals surface area contributed by atoms with Crippen LogP contribution in [0, 0.1) is 5.92 Å². The van der Waals surface area contributed by atoms with Gasteiger partial charge < -0.3 is 9.80 Å². The second kappa shape index (κ2) is 9.71. The number of carbonyl (C=O) groups is 1. The van der Waals surface area contributed by atoms with Crippen LogP contribution in [0.3, 0.4) is 0 Å². The van der Waals surface area contributed by atoms with E-state index in [2.05, 4.69) is 19.9 Å². The van der Waals surface area contributed by atoms with Crippen molar-refractivity contribution >= 4 is 50.1 Å². The predicted octanol–water partition coefficient (Wildman–Crippen LogP) is 3.58. The summed E-state index contributed by atoms with van der Waals surface area (Å²) in [5.41, 5.74) is 0.941. The highest BCUT2D eigenvalue weighted by molar-refractivity contribution is 7.89. The Morgan fingerprint density at radius 3 is 2.57 bits per heavy atom. The number of rotatable bonds is 7. The Bertz CT molecular complexity index is 1460. The van der Waals surface area contributed by atoms with Crippen LogP contribution in [0.5, 0.6) is 0 Å². The van der Waals surface area contributed by atoms with E-state index in [4.69, 9.17) is 11.6 Å². The smallest absolute Gasteiger partial charge is 0.291 e. The molecule has 0 radical (unpaired) electrons. The lowest BCUT2D eigenvalue weighted by atomic mass is 10.1. The fourth-order valence-electron chi connectivity index (χ4n) is 4.40. The van der Waals surface area contributed by atoms with Crippen molar-refractivity contribution in [1.29, 1.82) is 0 Å². The topological polar surface area (TPSA) is 113 Å². The van der Waals surface area contributed by atoms with Crippen molar-refractivity contribution in [1.82, 2.24) is 29.2 Å². The summed E-state index contributed by atoms with van der Waals surface area (Å²) in [4.78, 5) is 20.8. The third kappa shape index (κ3) is 5.03. The maximum Gasteiger partial charge on any atom is 0.291 e. The van der Waals surface area contributed by atoms with E-state index in [0.717, 1.165) is 12.8 Å². The van der Waals surface area contributed by atoms with E-state index >= 15 is 0 Å². The van der Waals surface area contributed by atoms with E-state index in [0.29, 0.717) is 42.2 Å². The number of anilines is 1. The molecule has 1 N–H and O–H groups in total. The van der Waals surface area contributed by atoms with Crippen LogP contribution in [0.15, 0.2) is 17.2 Å². The summed E-state index contributed by atoms with van der Waals surface area (Å²) in [7, 11) is -3.88. The number of hydrogen-bond acceptors (Lipinski definition) is 8. The molecule has 1 saturated heterocycles. The van der Waals surface area contributed by atoms with Crippen molar-refractivity contribution in [3.63, 3.8) is 0 Å². The Morgan fingerprint density at radius 2 is 1.97 bits per heavy atom. The molecule has 2 aliphatic rings. The van der Waals surface area contributed by atoms with Gasteiger partial charge in [-0.1, -0.05) is 36.8 Å². The van der Waals surface area contributed by atoms with Crippen LogP contribution in [0.1, 0.15) is 45.0 Å². The molecule has 1 aliphatic carbocycles.